The average Bonchev–Trinajstić information content (AvgIpc) is 3.08. The number of carbonyl (C=O) groups is 1. The number of carboxylic acids is 1. The number of carboxylic acid groups (broad SMARTS) is 1. The van der Waals surface area contributed by atoms with Gasteiger partial charge in [-0.2, -0.15) is 0 Å². The largest absolute Gasteiger partial charge is 0.480 e. The number of likely N-dealkylation sites (tertiary alicyclic amines) is 1. The summed E-state index contributed by atoms with van der Waals surface area (Å²) in [6.07, 6.45) is 2.68. The fourth-order valence-corrected chi connectivity index (χ4v) is 5.15. The van der Waals surface area contributed by atoms with E-state index in [2.05, 4.69) is 43.0 Å². The summed E-state index contributed by atoms with van der Waals surface area (Å²) in [5, 5.41) is 10.8. The highest BCUT2D eigenvalue weighted by molar-refractivity contribution is 7.18. The van der Waals surface area contributed by atoms with E-state index in [0.717, 1.165) is 34.6 Å². The number of nitrogens with zero attached hydrogens (tertiary/aromatic N) is 2. The molecule has 0 aliphatic carbocycles. The number of hydrogen-bond donors (Lipinski definition) is 1. The SMILES string of the molecule is Cc1ccc(C)c(C(c2nc3ccccc3s2)N2CCCCC2C(=O)O)c1. The Morgan fingerprint density at radius 2 is 2.04 bits per heavy atom. The molecule has 0 bridgehead atoms. The van der Waals surface area contributed by atoms with Crippen molar-refractivity contribution in [2.24, 2.45) is 0 Å². The Labute approximate surface area is 163 Å². The van der Waals surface area contributed by atoms with Crippen LogP contribution in [0.2, 0.25) is 0 Å². The highest BCUT2D eigenvalue weighted by atomic mass is 32.1. The average molecular weight is 381 g/mol. The van der Waals surface area contributed by atoms with Gasteiger partial charge in [-0.1, -0.05) is 42.3 Å². The molecule has 1 saturated heterocycles. The van der Waals surface area contributed by atoms with E-state index in [4.69, 9.17) is 4.98 Å². The summed E-state index contributed by atoms with van der Waals surface area (Å²) >= 11 is 1.68. The molecule has 4 nitrogen and oxygen atoms in total. The van der Waals surface area contributed by atoms with Crippen LogP contribution in [-0.4, -0.2) is 33.5 Å². The lowest BCUT2D eigenvalue weighted by Crippen LogP contribution is -2.47. The summed E-state index contributed by atoms with van der Waals surface area (Å²) in [6, 6.07) is 14.0. The van der Waals surface area contributed by atoms with Crippen LogP contribution < -0.4 is 0 Å². The molecule has 2 heterocycles. The van der Waals surface area contributed by atoms with Gasteiger partial charge in [0.2, 0.25) is 0 Å². The first-order valence-corrected chi connectivity index (χ1v) is 10.3. The second-order valence-corrected chi connectivity index (χ2v) is 8.43. The minimum atomic E-state index is -0.730. The molecule has 1 fully saturated rings. The van der Waals surface area contributed by atoms with Crippen molar-refractivity contribution in [1.29, 1.82) is 0 Å². The maximum Gasteiger partial charge on any atom is 0.320 e. The van der Waals surface area contributed by atoms with Crippen molar-refractivity contribution in [3.63, 3.8) is 0 Å². The smallest absolute Gasteiger partial charge is 0.320 e. The Hall–Kier alpha value is -2.24. The van der Waals surface area contributed by atoms with Crippen molar-refractivity contribution in [1.82, 2.24) is 9.88 Å². The van der Waals surface area contributed by atoms with Gasteiger partial charge in [0.25, 0.3) is 0 Å². The molecule has 0 radical (unpaired) electrons. The molecule has 27 heavy (non-hydrogen) atoms. The Morgan fingerprint density at radius 1 is 1.22 bits per heavy atom. The summed E-state index contributed by atoms with van der Waals surface area (Å²) in [4.78, 5) is 19.1. The van der Waals surface area contributed by atoms with Crippen molar-refractivity contribution in [2.75, 3.05) is 6.54 Å². The van der Waals surface area contributed by atoms with Gasteiger partial charge in [-0.15, -0.1) is 11.3 Å². The number of rotatable bonds is 4. The molecule has 1 aliphatic rings. The number of aliphatic carboxylic acids is 1. The van der Waals surface area contributed by atoms with Gasteiger partial charge in [0, 0.05) is 6.54 Å². The molecular weight excluding hydrogens is 356 g/mol. The maximum absolute atomic E-state index is 12.0. The zero-order valence-corrected chi connectivity index (χ0v) is 16.5. The molecule has 5 heteroatoms. The Balaban J connectivity index is 1.88. The zero-order valence-electron chi connectivity index (χ0n) is 15.7. The maximum atomic E-state index is 12.0. The van der Waals surface area contributed by atoms with Crippen molar-refractivity contribution in [3.05, 3.63) is 64.2 Å². The molecule has 3 aromatic rings. The van der Waals surface area contributed by atoms with Gasteiger partial charge < -0.3 is 5.11 Å². The number of aryl methyl sites for hydroxylation is 2. The monoisotopic (exact) mass is 380 g/mol. The van der Waals surface area contributed by atoms with Crippen LogP contribution in [0.5, 0.6) is 0 Å². The third kappa shape index (κ3) is 3.49. The van der Waals surface area contributed by atoms with Gasteiger partial charge in [-0.05, 0) is 49.9 Å². The first kappa shape index (κ1) is 18.1. The molecule has 2 unspecified atom stereocenters. The highest BCUT2D eigenvalue weighted by Gasteiger charge is 2.37. The number of hydrogen-bond acceptors (Lipinski definition) is 4. The number of para-hydroxylation sites is 1. The number of benzene rings is 2. The number of piperidine rings is 1. The Kier molecular flexibility index (Phi) is 4.98. The van der Waals surface area contributed by atoms with E-state index >= 15 is 0 Å². The molecule has 2 atom stereocenters. The number of aromatic nitrogens is 1. The van der Waals surface area contributed by atoms with E-state index in [9.17, 15) is 9.90 Å². The van der Waals surface area contributed by atoms with E-state index in [-0.39, 0.29) is 6.04 Å². The third-order valence-electron chi connectivity index (χ3n) is 5.43. The number of fused-ring (bicyclic) bond motifs is 1. The van der Waals surface area contributed by atoms with Crippen LogP contribution in [0.1, 0.15) is 47.0 Å². The molecular formula is C22H24N2O2S. The quantitative estimate of drug-likeness (QED) is 0.696. The molecule has 1 N–H and O–H groups in total. The highest BCUT2D eigenvalue weighted by Crippen LogP contribution is 2.39. The molecule has 2 aromatic carbocycles. The lowest BCUT2D eigenvalue weighted by atomic mass is 9.93. The third-order valence-corrected chi connectivity index (χ3v) is 6.52. The van der Waals surface area contributed by atoms with Gasteiger partial charge in [0.15, 0.2) is 0 Å². The summed E-state index contributed by atoms with van der Waals surface area (Å²) in [5.74, 6) is -0.730. The molecule has 1 aromatic heterocycles. The molecule has 0 spiro atoms. The van der Waals surface area contributed by atoms with Gasteiger partial charge >= 0.3 is 5.97 Å². The molecule has 0 saturated carbocycles. The van der Waals surface area contributed by atoms with Crippen molar-refractivity contribution < 1.29 is 9.90 Å². The first-order valence-electron chi connectivity index (χ1n) is 9.46. The predicted molar refractivity (Wildman–Crippen MR) is 109 cm³/mol. The van der Waals surface area contributed by atoms with E-state index in [1.807, 2.05) is 18.2 Å². The second kappa shape index (κ2) is 7.41. The lowest BCUT2D eigenvalue weighted by molar-refractivity contribution is -0.145. The van der Waals surface area contributed by atoms with E-state index in [1.165, 1.54) is 16.7 Å². The summed E-state index contributed by atoms with van der Waals surface area (Å²) in [5.41, 5.74) is 4.52. The van der Waals surface area contributed by atoms with Crippen LogP contribution in [0, 0.1) is 13.8 Å². The molecule has 0 amide bonds. The Bertz CT molecular complexity index is 948. The Morgan fingerprint density at radius 3 is 2.81 bits per heavy atom. The summed E-state index contributed by atoms with van der Waals surface area (Å²) in [6.45, 7) is 4.98. The fraction of sp³-hybridized carbons (Fsp3) is 0.364. The first-order chi connectivity index (χ1) is 13.0. The van der Waals surface area contributed by atoms with E-state index in [0.29, 0.717) is 6.42 Å². The standard InChI is InChI=1S/C22H24N2O2S/c1-14-10-11-15(2)16(13-14)20(24-12-6-5-8-18(24)22(25)26)21-23-17-7-3-4-9-19(17)27-21/h3-4,7,9-11,13,18,20H,5-6,8,12H2,1-2H3,(H,25,26). The zero-order chi connectivity index (χ0) is 19.0. The van der Waals surface area contributed by atoms with Gasteiger partial charge in [0.05, 0.1) is 16.3 Å². The van der Waals surface area contributed by atoms with Crippen LogP contribution in [-0.2, 0) is 4.79 Å². The fourth-order valence-electron chi connectivity index (χ4n) is 4.04. The van der Waals surface area contributed by atoms with Crippen molar-refractivity contribution in [2.45, 2.75) is 45.2 Å². The van der Waals surface area contributed by atoms with Crippen molar-refractivity contribution in [3.8, 4) is 0 Å². The van der Waals surface area contributed by atoms with Crippen LogP contribution >= 0.6 is 11.3 Å². The van der Waals surface area contributed by atoms with E-state index < -0.39 is 12.0 Å². The van der Waals surface area contributed by atoms with Gasteiger partial charge in [-0.25, -0.2) is 4.98 Å². The topological polar surface area (TPSA) is 53.4 Å². The van der Waals surface area contributed by atoms with Crippen LogP contribution in [0.3, 0.4) is 0 Å². The van der Waals surface area contributed by atoms with E-state index in [1.54, 1.807) is 11.3 Å². The minimum Gasteiger partial charge on any atom is -0.480 e. The van der Waals surface area contributed by atoms with Gasteiger partial charge in [0.1, 0.15) is 11.0 Å². The normalized spacial score (nSPS) is 19.3. The van der Waals surface area contributed by atoms with Crippen LogP contribution in [0.15, 0.2) is 42.5 Å². The second-order valence-electron chi connectivity index (χ2n) is 7.37. The number of thiazole rings is 1. The van der Waals surface area contributed by atoms with Crippen LogP contribution in [0.25, 0.3) is 10.2 Å². The minimum absolute atomic E-state index is 0.122. The summed E-state index contributed by atoms with van der Waals surface area (Å²) < 4.78 is 1.15. The van der Waals surface area contributed by atoms with Crippen molar-refractivity contribution >= 4 is 27.5 Å². The van der Waals surface area contributed by atoms with Crippen LogP contribution in [0.4, 0.5) is 0 Å². The lowest BCUT2D eigenvalue weighted by Gasteiger charge is -2.39. The van der Waals surface area contributed by atoms with Gasteiger partial charge in [-0.3, -0.25) is 9.69 Å². The predicted octanol–water partition coefficient (Wildman–Crippen LogP) is 4.94. The molecule has 4 rings (SSSR count). The summed E-state index contributed by atoms with van der Waals surface area (Å²) in [7, 11) is 0. The molecule has 140 valence electrons. The molecule has 1 aliphatic heterocycles.